The van der Waals surface area contributed by atoms with Crippen LogP contribution in [-0.2, 0) is 10.8 Å². The molecule has 1 heterocycles. The maximum absolute atomic E-state index is 6.97. The number of nitrogens with zero attached hydrogens (tertiary/aromatic N) is 1. The number of rotatable bonds is 4. The number of hydrogen-bond donors (Lipinski definition) is 0. The summed E-state index contributed by atoms with van der Waals surface area (Å²) in [5, 5.41) is 4.78. The Morgan fingerprint density at radius 3 is 1.69 bits per heavy atom. The van der Waals surface area contributed by atoms with E-state index >= 15 is 0 Å². The van der Waals surface area contributed by atoms with Gasteiger partial charge in [0.15, 0.2) is 0 Å². The third kappa shape index (κ3) is 4.81. The van der Waals surface area contributed by atoms with E-state index in [0.29, 0.717) is 0 Å². The Morgan fingerprint density at radius 1 is 0.355 bits per heavy atom. The van der Waals surface area contributed by atoms with Gasteiger partial charge in [-0.1, -0.05) is 178 Å². The Labute approximate surface area is 362 Å². The molecule has 0 radical (unpaired) electrons. The number of anilines is 3. The third-order valence-electron chi connectivity index (χ3n) is 14.1. The molecule has 0 bridgehead atoms. The number of benzene rings is 10. The molecule has 3 aliphatic rings. The first-order valence-corrected chi connectivity index (χ1v) is 21.7. The Morgan fingerprint density at radius 2 is 0.903 bits per heavy atom. The van der Waals surface area contributed by atoms with Crippen LogP contribution in [0.2, 0.25) is 0 Å². The summed E-state index contributed by atoms with van der Waals surface area (Å²) in [4.78, 5) is 2.47. The van der Waals surface area contributed by atoms with Crippen molar-refractivity contribution in [2.45, 2.75) is 24.7 Å². The molecule has 10 aromatic carbocycles. The van der Waals surface area contributed by atoms with Crippen molar-refractivity contribution in [1.29, 1.82) is 0 Å². The van der Waals surface area contributed by atoms with Crippen LogP contribution in [0.25, 0.3) is 54.9 Å². The SMILES string of the molecule is CC1(C)c2ccccc2-c2ccc(N(c3ccc(-c4ccc5ccccc5c4)cc3)c3ccc4c(c3)C3(c5ccccc5Oc5c3ccc3ccccc53)c3ccccc3-4)cc21. The van der Waals surface area contributed by atoms with Crippen LogP contribution in [0.15, 0.2) is 212 Å². The van der Waals surface area contributed by atoms with E-state index < -0.39 is 5.41 Å². The van der Waals surface area contributed by atoms with Gasteiger partial charge in [0.1, 0.15) is 11.5 Å². The molecular formula is C60H41NO. The van der Waals surface area contributed by atoms with E-state index in [1.54, 1.807) is 0 Å². The highest BCUT2D eigenvalue weighted by molar-refractivity contribution is 5.97. The maximum Gasteiger partial charge on any atom is 0.140 e. The lowest BCUT2D eigenvalue weighted by Gasteiger charge is -2.40. The van der Waals surface area contributed by atoms with Crippen LogP contribution >= 0.6 is 0 Å². The average Bonchev–Trinajstić information content (AvgIpc) is 3.74. The average molecular weight is 792 g/mol. The minimum absolute atomic E-state index is 0.143. The fourth-order valence-corrected chi connectivity index (χ4v) is 11.2. The predicted molar refractivity (Wildman–Crippen MR) is 257 cm³/mol. The van der Waals surface area contributed by atoms with E-state index in [-0.39, 0.29) is 5.41 Å². The van der Waals surface area contributed by atoms with Crippen LogP contribution < -0.4 is 9.64 Å². The highest BCUT2D eigenvalue weighted by atomic mass is 16.5. The van der Waals surface area contributed by atoms with Crippen molar-refractivity contribution >= 4 is 38.6 Å². The molecule has 1 aliphatic heterocycles. The molecule has 0 saturated heterocycles. The molecule has 1 spiro atoms. The van der Waals surface area contributed by atoms with Gasteiger partial charge < -0.3 is 9.64 Å². The van der Waals surface area contributed by atoms with E-state index in [2.05, 4.69) is 231 Å². The summed E-state index contributed by atoms with van der Waals surface area (Å²) in [5.74, 6) is 1.82. The van der Waals surface area contributed by atoms with Crippen LogP contribution in [-0.4, -0.2) is 0 Å². The molecule has 1 unspecified atom stereocenters. The van der Waals surface area contributed by atoms with E-state index in [9.17, 15) is 0 Å². The van der Waals surface area contributed by atoms with Gasteiger partial charge in [-0.15, -0.1) is 0 Å². The van der Waals surface area contributed by atoms with Crippen molar-refractivity contribution in [2.75, 3.05) is 4.90 Å². The first kappa shape index (κ1) is 35.1. The zero-order chi connectivity index (χ0) is 41.2. The van der Waals surface area contributed by atoms with Gasteiger partial charge in [0.2, 0.25) is 0 Å². The van der Waals surface area contributed by atoms with Crippen molar-refractivity contribution in [3.63, 3.8) is 0 Å². The van der Waals surface area contributed by atoms with Gasteiger partial charge in [0, 0.05) is 39.0 Å². The molecular weight excluding hydrogens is 751 g/mol. The van der Waals surface area contributed by atoms with Crippen molar-refractivity contribution in [1.82, 2.24) is 0 Å². The van der Waals surface area contributed by atoms with E-state index in [4.69, 9.17) is 4.74 Å². The van der Waals surface area contributed by atoms with E-state index in [0.717, 1.165) is 39.5 Å². The molecule has 10 aromatic rings. The fraction of sp³-hybridized carbons (Fsp3) is 0.0667. The highest BCUT2D eigenvalue weighted by Crippen LogP contribution is 2.63. The number of ether oxygens (including phenoxy) is 1. The van der Waals surface area contributed by atoms with Crippen molar-refractivity contribution < 1.29 is 4.74 Å². The molecule has 292 valence electrons. The van der Waals surface area contributed by atoms with Crippen LogP contribution in [0.1, 0.15) is 47.2 Å². The summed E-state index contributed by atoms with van der Waals surface area (Å²) in [6, 6.07) is 78.5. The second kappa shape index (κ2) is 12.9. The molecule has 2 heteroatoms. The first-order chi connectivity index (χ1) is 30.5. The summed E-state index contributed by atoms with van der Waals surface area (Å²) in [5.41, 5.74) is 17.7. The van der Waals surface area contributed by atoms with Crippen molar-refractivity contribution in [3.05, 3.63) is 246 Å². The molecule has 0 N–H and O–H groups in total. The number of hydrogen-bond acceptors (Lipinski definition) is 2. The Bertz CT molecular complexity index is 3490. The minimum Gasteiger partial charge on any atom is -0.456 e. The monoisotopic (exact) mass is 791 g/mol. The van der Waals surface area contributed by atoms with Crippen LogP contribution in [0.3, 0.4) is 0 Å². The lowest BCUT2D eigenvalue weighted by Crippen LogP contribution is -2.32. The zero-order valence-corrected chi connectivity index (χ0v) is 34.6. The Balaban J connectivity index is 1.05. The molecule has 0 amide bonds. The van der Waals surface area contributed by atoms with Gasteiger partial charge in [0.25, 0.3) is 0 Å². The molecule has 13 rings (SSSR count). The van der Waals surface area contributed by atoms with Crippen molar-refractivity contribution in [3.8, 4) is 44.9 Å². The first-order valence-electron chi connectivity index (χ1n) is 21.7. The quantitative estimate of drug-likeness (QED) is 0.176. The lowest BCUT2D eigenvalue weighted by atomic mass is 9.65. The normalized spacial score (nSPS) is 15.9. The molecule has 2 nitrogen and oxygen atoms in total. The summed E-state index contributed by atoms with van der Waals surface area (Å²) in [6.07, 6.45) is 0. The predicted octanol–water partition coefficient (Wildman–Crippen LogP) is 15.9. The highest BCUT2D eigenvalue weighted by Gasteiger charge is 2.51. The summed E-state index contributed by atoms with van der Waals surface area (Å²) >= 11 is 0. The van der Waals surface area contributed by atoms with Gasteiger partial charge in [-0.05, 0) is 120 Å². The van der Waals surface area contributed by atoms with Gasteiger partial charge in [0.05, 0.1) is 5.41 Å². The second-order valence-electron chi connectivity index (χ2n) is 17.6. The standard InChI is InChI=1S/C60H41NO/c1-59(2)51-19-9-7-17-47(51)49-32-30-44(36-55(49)59)61(43-28-25-39(26-29-43)42-24-23-38-13-3-4-15-41(38)35-42)45-31-33-50-48-18-8-10-20-52(48)60(56(50)37-45)53-21-11-12-22-57(53)62-58-46-16-6-5-14-40(46)27-34-54(58)60/h3-37H,1-2H3. The second-order valence-corrected chi connectivity index (χ2v) is 17.6. The molecule has 62 heavy (non-hydrogen) atoms. The smallest absolute Gasteiger partial charge is 0.140 e. The molecule has 0 saturated carbocycles. The van der Waals surface area contributed by atoms with Gasteiger partial charge in [-0.2, -0.15) is 0 Å². The van der Waals surface area contributed by atoms with Crippen LogP contribution in [0.4, 0.5) is 17.1 Å². The van der Waals surface area contributed by atoms with Gasteiger partial charge in [-0.25, -0.2) is 0 Å². The molecule has 0 aromatic heterocycles. The largest absolute Gasteiger partial charge is 0.456 e. The van der Waals surface area contributed by atoms with Gasteiger partial charge in [-0.3, -0.25) is 0 Å². The Kier molecular flexibility index (Phi) is 7.31. The maximum atomic E-state index is 6.97. The lowest BCUT2D eigenvalue weighted by molar-refractivity contribution is 0.441. The Hall–Kier alpha value is -7.68. The molecule has 0 fully saturated rings. The van der Waals surface area contributed by atoms with E-state index in [1.165, 1.54) is 77.4 Å². The summed E-state index contributed by atoms with van der Waals surface area (Å²) in [7, 11) is 0. The van der Waals surface area contributed by atoms with Crippen molar-refractivity contribution in [2.24, 2.45) is 0 Å². The summed E-state index contributed by atoms with van der Waals surface area (Å²) < 4.78 is 6.97. The zero-order valence-electron chi connectivity index (χ0n) is 34.6. The van der Waals surface area contributed by atoms with Gasteiger partial charge >= 0.3 is 0 Å². The minimum atomic E-state index is -0.608. The van der Waals surface area contributed by atoms with Crippen LogP contribution in [0.5, 0.6) is 11.5 Å². The molecule has 2 aliphatic carbocycles. The summed E-state index contributed by atoms with van der Waals surface area (Å²) in [6.45, 7) is 4.73. The van der Waals surface area contributed by atoms with Crippen LogP contribution in [0, 0.1) is 0 Å². The number of para-hydroxylation sites is 1. The fourth-order valence-electron chi connectivity index (χ4n) is 11.2. The number of fused-ring (bicyclic) bond motifs is 15. The van der Waals surface area contributed by atoms with E-state index in [1.807, 2.05) is 0 Å². The topological polar surface area (TPSA) is 12.5 Å². The molecule has 1 atom stereocenters. The third-order valence-corrected chi connectivity index (χ3v) is 14.1.